The molecule has 5 nitrogen and oxygen atoms in total. The summed E-state index contributed by atoms with van der Waals surface area (Å²) in [5, 5.41) is 5.50. The van der Waals surface area contributed by atoms with Gasteiger partial charge in [-0.25, -0.2) is 0 Å². The first-order valence-electron chi connectivity index (χ1n) is 3.37. The van der Waals surface area contributed by atoms with E-state index in [1.807, 2.05) is 0 Å². The number of nitrogens with two attached hydrogens (primary N) is 1. The fourth-order valence-electron chi connectivity index (χ4n) is 0.853. The minimum absolute atomic E-state index is 0.192. The van der Waals surface area contributed by atoms with Crippen molar-refractivity contribution in [3.05, 3.63) is 0 Å². The molecular formula is C6H11N3O2. The van der Waals surface area contributed by atoms with Crippen LogP contribution in [0.15, 0.2) is 5.10 Å². The van der Waals surface area contributed by atoms with Gasteiger partial charge in [0.05, 0.1) is 7.11 Å². The Morgan fingerprint density at radius 2 is 2.64 bits per heavy atom. The van der Waals surface area contributed by atoms with E-state index < -0.39 is 0 Å². The van der Waals surface area contributed by atoms with Gasteiger partial charge in [-0.15, -0.1) is 0 Å². The highest BCUT2D eigenvalue weighted by Crippen LogP contribution is 2.01. The lowest BCUT2D eigenvalue weighted by atomic mass is 10.4. The normalized spacial score (nSPS) is 16.5. The number of hydrogen-bond acceptors (Lipinski definition) is 5. The molecule has 0 spiro atoms. The average molecular weight is 157 g/mol. The van der Waals surface area contributed by atoms with Gasteiger partial charge >= 0.3 is 5.97 Å². The van der Waals surface area contributed by atoms with Crippen LogP contribution in [-0.2, 0) is 9.53 Å². The summed E-state index contributed by atoms with van der Waals surface area (Å²) in [5.41, 5.74) is 5.40. The molecule has 1 aliphatic rings. The predicted molar refractivity (Wildman–Crippen MR) is 39.8 cm³/mol. The summed E-state index contributed by atoms with van der Waals surface area (Å²) >= 11 is 0. The number of carbonyl (C=O) groups excluding carboxylic acids is 1. The van der Waals surface area contributed by atoms with Crippen molar-refractivity contribution in [3.8, 4) is 0 Å². The van der Waals surface area contributed by atoms with Crippen molar-refractivity contribution >= 4 is 11.8 Å². The molecule has 1 rings (SSSR count). The Kier molecular flexibility index (Phi) is 2.30. The van der Waals surface area contributed by atoms with Crippen LogP contribution in [0.4, 0.5) is 0 Å². The lowest BCUT2D eigenvalue weighted by molar-refractivity contribution is -0.141. The van der Waals surface area contributed by atoms with Crippen LogP contribution >= 0.6 is 0 Å². The molecule has 11 heavy (non-hydrogen) atoms. The number of carbonyl (C=O) groups is 1. The predicted octanol–water partition coefficient (Wildman–Crippen LogP) is -0.863. The van der Waals surface area contributed by atoms with Crippen LogP contribution in [0.2, 0.25) is 0 Å². The summed E-state index contributed by atoms with van der Waals surface area (Å²) in [6, 6.07) is 0. The molecule has 0 saturated heterocycles. The van der Waals surface area contributed by atoms with Crippen molar-refractivity contribution in [2.75, 3.05) is 20.2 Å². The summed E-state index contributed by atoms with van der Waals surface area (Å²) in [4.78, 5) is 10.7. The summed E-state index contributed by atoms with van der Waals surface area (Å²) in [5.74, 6) is 0.289. The zero-order valence-electron chi connectivity index (χ0n) is 6.41. The zero-order valence-corrected chi connectivity index (χ0v) is 6.41. The van der Waals surface area contributed by atoms with Crippen LogP contribution in [0.1, 0.15) is 6.42 Å². The molecule has 0 atom stereocenters. The van der Waals surface area contributed by atoms with Gasteiger partial charge in [-0.2, -0.15) is 5.10 Å². The first kappa shape index (κ1) is 7.84. The van der Waals surface area contributed by atoms with Gasteiger partial charge in [0, 0.05) is 13.0 Å². The molecule has 5 heteroatoms. The van der Waals surface area contributed by atoms with Gasteiger partial charge in [0.2, 0.25) is 0 Å². The maximum Gasteiger partial charge on any atom is 0.327 e. The molecule has 0 radical (unpaired) electrons. The van der Waals surface area contributed by atoms with Crippen LogP contribution in [0.3, 0.4) is 0 Å². The highest BCUT2D eigenvalue weighted by molar-refractivity contribution is 5.82. The molecule has 1 aliphatic heterocycles. The number of amidine groups is 1. The molecule has 0 bridgehead atoms. The highest BCUT2D eigenvalue weighted by atomic mass is 16.5. The Morgan fingerprint density at radius 1 is 1.91 bits per heavy atom. The van der Waals surface area contributed by atoms with Gasteiger partial charge in [0.25, 0.3) is 0 Å². The molecule has 2 N–H and O–H groups in total. The molecule has 0 amide bonds. The van der Waals surface area contributed by atoms with Crippen molar-refractivity contribution in [3.63, 3.8) is 0 Å². The molecule has 0 saturated carbocycles. The summed E-state index contributed by atoms with van der Waals surface area (Å²) in [6.07, 6.45) is 0.733. The van der Waals surface area contributed by atoms with Crippen LogP contribution in [-0.4, -0.2) is 37.0 Å². The van der Waals surface area contributed by atoms with Crippen molar-refractivity contribution < 1.29 is 9.53 Å². The maximum absolute atomic E-state index is 10.7. The first-order chi connectivity index (χ1) is 5.22. The summed E-state index contributed by atoms with van der Waals surface area (Å²) in [6.45, 7) is 0.901. The number of hydrogen-bond donors (Lipinski definition) is 1. The third-order valence-electron chi connectivity index (χ3n) is 1.44. The van der Waals surface area contributed by atoms with Gasteiger partial charge in [0.15, 0.2) is 0 Å². The van der Waals surface area contributed by atoms with Crippen LogP contribution in [0.25, 0.3) is 0 Å². The molecule has 1 heterocycles. The summed E-state index contributed by atoms with van der Waals surface area (Å²) < 4.78 is 4.46. The second-order valence-electron chi connectivity index (χ2n) is 2.31. The van der Waals surface area contributed by atoms with Crippen molar-refractivity contribution in [1.82, 2.24) is 5.01 Å². The van der Waals surface area contributed by atoms with E-state index >= 15 is 0 Å². The molecule has 0 fully saturated rings. The van der Waals surface area contributed by atoms with Crippen molar-refractivity contribution in [2.24, 2.45) is 10.8 Å². The number of rotatable bonds is 2. The smallest absolute Gasteiger partial charge is 0.327 e. The van der Waals surface area contributed by atoms with Crippen LogP contribution in [0, 0.1) is 0 Å². The van der Waals surface area contributed by atoms with E-state index in [9.17, 15) is 4.79 Å². The topological polar surface area (TPSA) is 67.9 Å². The number of nitrogens with zero attached hydrogens (tertiary/aromatic N) is 2. The van der Waals surface area contributed by atoms with Crippen LogP contribution in [0.5, 0.6) is 0 Å². The number of methoxy groups -OCH3 is 1. The van der Waals surface area contributed by atoms with Crippen molar-refractivity contribution in [1.29, 1.82) is 0 Å². The maximum atomic E-state index is 10.7. The Hall–Kier alpha value is -1.26. The van der Waals surface area contributed by atoms with Crippen LogP contribution < -0.4 is 5.73 Å². The Labute approximate surface area is 64.8 Å². The summed E-state index contributed by atoms with van der Waals surface area (Å²) in [7, 11) is 1.35. The molecule has 0 aromatic carbocycles. The quantitative estimate of drug-likeness (QED) is 0.529. The third kappa shape index (κ3) is 2.10. The molecular weight excluding hydrogens is 146 g/mol. The van der Waals surface area contributed by atoms with Gasteiger partial charge in [-0.3, -0.25) is 9.80 Å². The van der Waals surface area contributed by atoms with E-state index in [0.717, 1.165) is 6.42 Å². The van der Waals surface area contributed by atoms with Gasteiger partial charge in [0.1, 0.15) is 12.4 Å². The fourth-order valence-corrected chi connectivity index (χ4v) is 0.853. The first-order valence-corrected chi connectivity index (χ1v) is 3.37. The molecule has 0 aromatic rings. The highest BCUT2D eigenvalue weighted by Gasteiger charge is 2.14. The number of ether oxygens (including phenoxy) is 1. The van der Waals surface area contributed by atoms with Gasteiger partial charge in [-0.05, 0) is 0 Å². The Balaban J connectivity index is 2.34. The molecule has 0 unspecified atom stereocenters. The standard InChI is InChI=1S/C6H11N3O2/c1-11-6(10)4-9-3-2-5(7)8-9/h2-4H2,1H3,(H2,7,8). The second-order valence-corrected chi connectivity index (χ2v) is 2.31. The monoisotopic (exact) mass is 157 g/mol. The lowest BCUT2D eigenvalue weighted by Crippen LogP contribution is -2.23. The van der Waals surface area contributed by atoms with Crippen molar-refractivity contribution in [2.45, 2.75) is 6.42 Å². The largest absolute Gasteiger partial charge is 0.468 e. The number of esters is 1. The Morgan fingerprint density at radius 3 is 3.09 bits per heavy atom. The van der Waals surface area contributed by atoms with E-state index in [-0.39, 0.29) is 12.5 Å². The molecule has 62 valence electrons. The minimum Gasteiger partial charge on any atom is -0.468 e. The van der Waals surface area contributed by atoms with Gasteiger partial charge in [-0.1, -0.05) is 0 Å². The minimum atomic E-state index is -0.288. The Bertz CT molecular complexity index is 190. The van der Waals surface area contributed by atoms with E-state index in [1.54, 1.807) is 5.01 Å². The lowest BCUT2D eigenvalue weighted by Gasteiger charge is -2.09. The third-order valence-corrected chi connectivity index (χ3v) is 1.44. The van der Waals surface area contributed by atoms with Gasteiger partial charge < -0.3 is 10.5 Å². The van der Waals surface area contributed by atoms with E-state index in [4.69, 9.17) is 5.73 Å². The molecule has 0 aromatic heterocycles. The second kappa shape index (κ2) is 3.23. The zero-order chi connectivity index (χ0) is 8.27. The SMILES string of the molecule is COC(=O)CN1CCC(N)=N1. The average Bonchev–Trinajstić information content (AvgIpc) is 2.35. The van der Waals surface area contributed by atoms with E-state index in [2.05, 4.69) is 9.84 Å². The fraction of sp³-hybridized carbons (Fsp3) is 0.667. The van der Waals surface area contributed by atoms with E-state index in [1.165, 1.54) is 7.11 Å². The number of hydrazone groups is 1. The van der Waals surface area contributed by atoms with E-state index in [0.29, 0.717) is 12.4 Å². The molecule has 0 aliphatic carbocycles.